The van der Waals surface area contributed by atoms with Gasteiger partial charge in [0.25, 0.3) is 0 Å². The van der Waals surface area contributed by atoms with E-state index in [9.17, 15) is 4.79 Å². The summed E-state index contributed by atoms with van der Waals surface area (Å²) in [5.41, 5.74) is 0.752. The molecule has 0 aliphatic carbocycles. The zero-order valence-electron chi connectivity index (χ0n) is 8.36. The number of nitrogens with zero attached hydrogens (tertiary/aromatic N) is 2. The molecule has 0 saturated carbocycles. The predicted octanol–water partition coefficient (Wildman–Crippen LogP) is 2.38. The average Bonchev–Trinajstić information content (AvgIpc) is 2.60. The maximum absolute atomic E-state index is 11.1. The summed E-state index contributed by atoms with van der Waals surface area (Å²) in [5, 5.41) is 8.36. The fourth-order valence-corrected chi connectivity index (χ4v) is 1.41. The highest BCUT2D eigenvalue weighted by atomic mass is 16.1. The summed E-state index contributed by atoms with van der Waals surface area (Å²) in [4.78, 5) is 11.1. The van der Waals surface area contributed by atoms with Crippen LogP contribution in [-0.4, -0.2) is 10.4 Å². The molecule has 0 radical (unpaired) electrons. The first-order chi connectivity index (χ1) is 6.75. The fraction of sp³-hybridized carbons (Fsp3) is 0.455. The number of rotatable bonds is 5. The van der Waals surface area contributed by atoms with Crippen LogP contribution in [0.1, 0.15) is 36.7 Å². The quantitative estimate of drug-likeness (QED) is 0.528. The van der Waals surface area contributed by atoms with Gasteiger partial charge in [-0.1, -0.05) is 0 Å². The van der Waals surface area contributed by atoms with Crippen molar-refractivity contribution < 1.29 is 4.79 Å². The number of carbonyl (C=O) groups is 1. The minimum Gasteiger partial charge on any atom is -0.345 e. The number of hydrogen-bond acceptors (Lipinski definition) is 2. The molecule has 0 saturated heterocycles. The number of aromatic nitrogens is 1. The highest BCUT2D eigenvalue weighted by Crippen LogP contribution is 2.06. The standard InChI is InChI=1S/C11H14N2O/c1-10(14)11-6-5-9-13(11)8-4-2-3-7-12/h5-6,9H,2-4,8H2,1H3. The zero-order valence-corrected chi connectivity index (χ0v) is 8.36. The number of hydrogen-bond donors (Lipinski definition) is 0. The van der Waals surface area contributed by atoms with Crippen LogP contribution in [-0.2, 0) is 6.54 Å². The number of Topliss-reactive ketones (excluding diaryl/α,β-unsaturated/α-hetero) is 1. The molecule has 0 bridgehead atoms. The second-order valence-corrected chi connectivity index (χ2v) is 3.26. The minimum absolute atomic E-state index is 0.0929. The van der Waals surface area contributed by atoms with Crippen LogP contribution in [0.15, 0.2) is 18.3 Å². The smallest absolute Gasteiger partial charge is 0.176 e. The van der Waals surface area contributed by atoms with E-state index in [4.69, 9.17) is 5.26 Å². The second kappa shape index (κ2) is 5.23. The van der Waals surface area contributed by atoms with E-state index in [-0.39, 0.29) is 5.78 Å². The van der Waals surface area contributed by atoms with Gasteiger partial charge in [0.1, 0.15) is 0 Å². The van der Waals surface area contributed by atoms with Gasteiger partial charge in [0, 0.05) is 26.1 Å². The van der Waals surface area contributed by atoms with E-state index < -0.39 is 0 Å². The van der Waals surface area contributed by atoms with Crippen LogP contribution >= 0.6 is 0 Å². The molecule has 1 aromatic rings. The van der Waals surface area contributed by atoms with Crippen molar-refractivity contribution in [2.24, 2.45) is 0 Å². The molecule has 14 heavy (non-hydrogen) atoms. The number of nitriles is 1. The monoisotopic (exact) mass is 190 g/mol. The van der Waals surface area contributed by atoms with E-state index in [0.717, 1.165) is 25.1 Å². The summed E-state index contributed by atoms with van der Waals surface area (Å²) in [7, 11) is 0. The minimum atomic E-state index is 0.0929. The molecule has 0 unspecified atom stereocenters. The van der Waals surface area contributed by atoms with Crippen molar-refractivity contribution in [2.45, 2.75) is 32.7 Å². The van der Waals surface area contributed by atoms with E-state index in [1.54, 1.807) is 6.92 Å². The number of ketones is 1. The Morgan fingerprint density at radius 2 is 2.36 bits per heavy atom. The van der Waals surface area contributed by atoms with Crippen LogP contribution < -0.4 is 0 Å². The van der Waals surface area contributed by atoms with E-state index in [1.807, 2.05) is 22.9 Å². The Morgan fingerprint density at radius 1 is 1.57 bits per heavy atom. The SMILES string of the molecule is CC(=O)c1cccn1CCCCC#N. The van der Waals surface area contributed by atoms with E-state index >= 15 is 0 Å². The number of aryl methyl sites for hydroxylation is 1. The lowest BCUT2D eigenvalue weighted by molar-refractivity contribution is 0.100. The molecular weight excluding hydrogens is 176 g/mol. The molecule has 0 amide bonds. The lowest BCUT2D eigenvalue weighted by Crippen LogP contribution is -2.05. The molecule has 3 heteroatoms. The molecule has 0 N–H and O–H groups in total. The van der Waals surface area contributed by atoms with Crippen LogP contribution in [0.2, 0.25) is 0 Å². The van der Waals surface area contributed by atoms with Crippen molar-refractivity contribution in [1.29, 1.82) is 5.26 Å². The third-order valence-corrected chi connectivity index (χ3v) is 2.13. The molecule has 0 atom stereocenters. The Hall–Kier alpha value is -1.56. The van der Waals surface area contributed by atoms with Crippen LogP contribution in [0.25, 0.3) is 0 Å². The summed E-state index contributed by atoms with van der Waals surface area (Å²) in [6, 6.07) is 5.81. The van der Waals surface area contributed by atoms with Gasteiger partial charge in [0.15, 0.2) is 5.78 Å². The summed E-state index contributed by atoms with van der Waals surface area (Å²) >= 11 is 0. The van der Waals surface area contributed by atoms with Crippen molar-refractivity contribution in [3.8, 4) is 6.07 Å². The number of unbranched alkanes of at least 4 members (excludes halogenated alkanes) is 2. The molecule has 0 aromatic carbocycles. The molecule has 0 fully saturated rings. The molecule has 74 valence electrons. The Bertz CT molecular complexity index is 346. The zero-order chi connectivity index (χ0) is 10.4. The lowest BCUT2D eigenvalue weighted by atomic mass is 10.2. The Balaban J connectivity index is 2.47. The van der Waals surface area contributed by atoms with Gasteiger partial charge in [0.05, 0.1) is 11.8 Å². The average molecular weight is 190 g/mol. The van der Waals surface area contributed by atoms with Gasteiger partial charge in [-0.15, -0.1) is 0 Å². The van der Waals surface area contributed by atoms with Crippen LogP contribution in [0, 0.1) is 11.3 Å². The third-order valence-electron chi connectivity index (χ3n) is 2.13. The van der Waals surface area contributed by atoms with E-state index in [1.165, 1.54) is 0 Å². The van der Waals surface area contributed by atoms with Gasteiger partial charge in [-0.05, 0) is 25.0 Å². The molecular formula is C11H14N2O. The van der Waals surface area contributed by atoms with Gasteiger partial charge in [-0.25, -0.2) is 0 Å². The second-order valence-electron chi connectivity index (χ2n) is 3.26. The summed E-state index contributed by atoms with van der Waals surface area (Å²) in [6.07, 6.45) is 4.34. The third kappa shape index (κ3) is 2.74. The largest absolute Gasteiger partial charge is 0.345 e. The Kier molecular flexibility index (Phi) is 3.93. The van der Waals surface area contributed by atoms with Gasteiger partial charge in [0.2, 0.25) is 0 Å². The Labute approximate surface area is 84.0 Å². The van der Waals surface area contributed by atoms with Gasteiger partial charge < -0.3 is 4.57 Å². The summed E-state index contributed by atoms with van der Waals surface area (Å²) in [6.45, 7) is 2.39. The van der Waals surface area contributed by atoms with Gasteiger partial charge in [-0.2, -0.15) is 5.26 Å². The first kappa shape index (κ1) is 10.5. The highest BCUT2D eigenvalue weighted by molar-refractivity contribution is 5.92. The predicted molar refractivity (Wildman–Crippen MR) is 53.9 cm³/mol. The first-order valence-corrected chi connectivity index (χ1v) is 4.78. The Morgan fingerprint density at radius 3 is 3.00 bits per heavy atom. The molecule has 3 nitrogen and oxygen atoms in total. The lowest BCUT2D eigenvalue weighted by Gasteiger charge is -2.05. The van der Waals surface area contributed by atoms with E-state index in [2.05, 4.69) is 6.07 Å². The highest BCUT2D eigenvalue weighted by Gasteiger charge is 2.04. The molecule has 0 aliphatic heterocycles. The van der Waals surface area contributed by atoms with Crippen LogP contribution in [0.4, 0.5) is 0 Å². The van der Waals surface area contributed by atoms with Gasteiger partial charge >= 0.3 is 0 Å². The van der Waals surface area contributed by atoms with Gasteiger partial charge in [-0.3, -0.25) is 4.79 Å². The van der Waals surface area contributed by atoms with Crippen LogP contribution in [0.5, 0.6) is 0 Å². The summed E-state index contributed by atoms with van der Waals surface area (Å²) in [5.74, 6) is 0.0929. The van der Waals surface area contributed by atoms with Crippen molar-refractivity contribution in [1.82, 2.24) is 4.57 Å². The molecule has 0 spiro atoms. The van der Waals surface area contributed by atoms with E-state index in [0.29, 0.717) is 6.42 Å². The molecule has 1 heterocycles. The number of carbonyl (C=O) groups excluding carboxylic acids is 1. The molecule has 0 aliphatic rings. The first-order valence-electron chi connectivity index (χ1n) is 4.78. The maximum Gasteiger partial charge on any atom is 0.176 e. The van der Waals surface area contributed by atoms with Crippen molar-refractivity contribution in [3.05, 3.63) is 24.0 Å². The molecule has 1 aromatic heterocycles. The fourth-order valence-electron chi connectivity index (χ4n) is 1.41. The maximum atomic E-state index is 11.1. The summed E-state index contributed by atoms with van der Waals surface area (Å²) < 4.78 is 1.94. The molecule has 1 rings (SSSR count). The van der Waals surface area contributed by atoms with Crippen molar-refractivity contribution in [2.75, 3.05) is 0 Å². The van der Waals surface area contributed by atoms with Crippen molar-refractivity contribution >= 4 is 5.78 Å². The normalized spacial score (nSPS) is 9.71. The van der Waals surface area contributed by atoms with Crippen LogP contribution in [0.3, 0.4) is 0 Å². The van der Waals surface area contributed by atoms with Crippen molar-refractivity contribution in [3.63, 3.8) is 0 Å². The topological polar surface area (TPSA) is 45.8 Å².